The van der Waals surface area contributed by atoms with Crippen molar-refractivity contribution in [3.63, 3.8) is 0 Å². The molecular formula is C21H22N4O3. The molecule has 0 radical (unpaired) electrons. The molecule has 0 saturated heterocycles. The highest BCUT2D eigenvalue weighted by atomic mass is 16.5. The van der Waals surface area contributed by atoms with Crippen LogP contribution in [-0.2, 0) is 24.4 Å². The van der Waals surface area contributed by atoms with Crippen LogP contribution in [0.2, 0.25) is 0 Å². The lowest BCUT2D eigenvalue weighted by Gasteiger charge is -2.24. The third-order valence-corrected chi connectivity index (χ3v) is 4.84. The minimum absolute atomic E-state index is 0.136. The van der Waals surface area contributed by atoms with Crippen molar-refractivity contribution < 1.29 is 14.3 Å². The number of aromatic nitrogens is 3. The van der Waals surface area contributed by atoms with Crippen LogP contribution in [0, 0.1) is 6.92 Å². The van der Waals surface area contributed by atoms with Gasteiger partial charge in [-0.15, -0.1) is 5.10 Å². The number of benzene rings is 2. The summed E-state index contributed by atoms with van der Waals surface area (Å²) in [6.07, 6.45) is -0.136. The van der Waals surface area contributed by atoms with Gasteiger partial charge in [-0.3, -0.25) is 4.79 Å². The first kappa shape index (κ1) is 18.2. The van der Waals surface area contributed by atoms with Crippen LogP contribution < -0.4 is 10.1 Å². The molecule has 0 aliphatic carbocycles. The van der Waals surface area contributed by atoms with Crippen molar-refractivity contribution >= 4 is 5.91 Å². The van der Waals surface area contributed by atoms with Crippen molar-refractivity contribution in [3.8, 4) is 5.75 Å². The second kappa shape index (κ2) is 7.82. The van der Waals surface area contributed by atoms with E-state index in [2.05, 4.69) is 15.6 Å². The fourth-order valence-electron chi connectivity index (χ4n) is 3.30. The van der Waals surface area contributed by atoms with Gasteiger partial charge in [0.1, 0.15) is 11.9 Å². The number of fused-ring (bicyclic) bond motifs is 1. The Bertz CT molecular complexity index is 982. The standard InChI is InChI=1S/C21H22N4O3/c1-14-4-3-5-15(10-14)11-22-21(26)20-18-13-28-19(12-25(18)24-23-20)16-6-8-17(27-2)9-7-16/h3-10,19H,11-13H2,1-2H3,(H,22,26). The predicted octanol–water partition coefficient (Wildman–Crippen LogP) is 2.80. The van der Waals surface area contributed by atoms with Crippen LogP contribution in [0.5, 0.6) is 5.75 Å². The van der Waals surface area contributed by atoms with E-state index in [0.29, 0.717) is 24.5 Å². The lowest BCUT2D eigenvalue weighted by Crippen LogP contribution is -2.27. The van der Waals surface area contributed by atoms with Gasteiger partial charge in [-0.25, -0.2) is 4.68 Å². The van der Waals surface area contributed by atoms with Gasteiger partial charge in [-0.05, 0) is 30.2 Å². The van der Waals surface area contributed by atoms with E-state index < -0.39 is 0 Å². The summed E-state index contributed by atoms with van der Waals surface area (Å²) >= 11 is 0. The number of hydrogen-bond donors (Lipinski definition) is 1. The Labute approximate surface area is 163 Å². The summed E-state index contributed by atoms with van der Waals surface area (Å²) in [5.41, 5.74) is 4.26. The van der Waals surface area contributed by atoms with Gasteiger partial charge in [0.2, 0.25) is 0 Å². The van der Waals surface area contributed by atoms with Gasteiger partial charge in [0.05, 0.1) is 26.0 Å². The Balaban J connectivity index is 1.43. The van der Waals surface area contributed by atoms with E-state index in [1.54, 1.807) is 11.8 Å². The molecule has 0 fully saturated rings. The van der Waals surface area contributed by atoms with Crippen molar-refractivity contribution in [2.24, 2.45) is 0 Å². The fourth-order valence-corrected chi connectivity index (χ4v) is 3.30. The van der Waals surface area contributed by atoms with Crippen LogP contribution in [0.25, 0.3) is 0 Å². The molecule has 7 heteroatoms. The monoisotopic (exact) mass is 378 g/mol. The summed E-state index contributed by atoms with van der Waals surface area (Å²) in [6.45, 7) is 3.27. The number of rotatable bonds is 5. The molecule has 0 spiro atoms. The minimum Gasteiger partial charge on any atom is -0.497 e. The van der Waals surface area contributed by atoms with E-state index in [1.807, 2.05) is 55.5 Å². The molecule has 144 valence electrons. The molecule has 1 aliphatic rings. The molecule has 1 aromatic heterocycles. The van der Waals surface area contributed by atoms with E-state index in [0.717, 1.165) is 22.4 Å². The van der Waals surface area contributed by atoms with Gasteiger partial charge < -0.3 is 14.8 Å². The topological polar surface area (TPSA) is 78.3 Å². The molecule has 4 rings (SSSR count). The highest BCUT2D eigenvalue weighted by Crippen LogP contribution is 2.28. The zero-order valence-electron chi connectivity index (χ0n) is 15.9. The van der Waals surface area contributed by atoms with E-state index in [-0.39, 0.29) is 18.6 Å². The van der Waals surface area contributed by atoms with Crippen molar-refractivity contribution in [2.45, 2.75) is 32.7 Å². The normalized spacial score (nSPS) is 15.7. The van der Waals surface area contributed by atoms with Gasteiger partial charge in [0, 0.05) is 6.54 Å². The number of nitrogens with zero attached hydrogens (tertiary/aromatic N) is 3. The molecule has 2 heterocycles. The average molecular weight is 378 g/mol. The molecule has 3 aromatic rings. The Morgan fingerprint density at radius 1 is 1.29 bits per heavy atom. The molecule has 0 bridgehead atoms. The number of hydrogen-bond acceptors (Lipinski definition) is 5. The van der Waals surface area contributed by atoms with E-state index in [1.165, 1.54) is 0 Å². The third-order valence-electron chi connectivity index (χ3n) is 4.84. The Morgan fingerprint density at radius 2 is 2.11 bits per heavy atom. The maximum absolute atomic E-state index is 12.6. The first-order valence-corrected chi connectivity index (χ1v) is 9.15. The van der Waals surface area contributed by atoms with Gasteiger partial charge in [0.25, 0.3) is 5.91 Å². The Kier molecular flexibility index (Phi) is 5.08. The van der Waals surface area contributed by atoms with Crippen LogP contribution in [0.1, 0.15) is 39.0 Å². The van der Waals surface area contributed by atoms with E-state index in [9.17, 15) is 4.79 Å². The number of ether oxygens (including phenoxy) is 2. The van der Waals surface area contributed by atoms with Crippen LogP contribution in [0.15, 0.2) is 48.5 Å². The average Bonchev–Trinajstić information content (AvgIpc) is 3.15. The van der Waals surface area contributed by atoms with Crippen molar-refractivity contribution in [1.29, 1.82) is 0 Å². The van der Waals surface area contributed by atoms with E-state index >= 15 is 0 Å². The highest BCUT2D eigenvalue weighted by molar-refractivity contribution is 5.93. The number of carbonyl (C=O) groups excluding carboxylic acids is 1. The maximum Gasteiger partial charge on any atom is 0.274 e. The number of nitrogens with one attached hydrogen (secondary N) is 1. The summed E-state index contributed by atoms with van der Waals surface area (Å²) in [6, 6.07) is 15.8. The summed E-state index contributed by atoms with van der Waals surface area (Å²) in [4.78, 5) is 12.6. The van der Waals surface area contributed by atoms with Crippen molar-refractivity contribution in [3.05, 3.63) is 76.6 Å². The fraction of sp³-hybridized carbons (Fsp3) is 0.286. The number of carbonyl (C=O) groups is 1. The van der Waals surface area contributed by atoms with Crippen LogP contribution in [-0.4, -0.2) is 28.0 Å². The number of methoxy groups -OCH3 is 1. The smallest absolute Gasteiger partial charge is 0.274 e. The molecule has 1 N–H and O–H groups in total. The van der Waals surface area contributed by atoms with Crippen molar-refractivity contribution in [1.82, 2.24) is 20.3 Å². The highest BCUT2D eigenvalue weighted by Gasteiger charge is 2.27. The van der Waals surface area contributed by atoms with Crippen molar-refractivity contribution in [2.75, 3.05) is 7.11 Å². The molecular weight excluding hydrogens is 356 g/mol. The lowest BCUT2D eigenvalue weighted by molar-refractivity contribution is -0.00179. The summed E-state index contributed by atoms with van der Waals surface area (Å²) in [5.74, 6) is 0.558. The molecule has 28 heavy (non-hydrogen) atoms. The van der Waals surface area contributed by atoms with Crippen LogP contribution in [0.3, 0.4) is 0 Å². The molecule has 7 nitrogen and oxygen atoms in total. The lowest BCUT2D eigenvalue weighted by atomic mass is 10.1. The van der Waals surface area contributed by atoms with Gasteiger partial charge in [-0.1, -0.05) is 47.2 Å². The zero-order valence-corrected chi connectivity index (χ0v) is 15.9. The minimum atomic E-state index is -0.241. The first-order chi connectivity index (χ1) is 13.6. The van der Waals surface area contributed by atoms with Crippen LogP contribution >= 0.6 is 0 Å². The Hall–Kier alpha value is -3.19. The molecule has 2 aromatic carbocycles. The molecule has 1 unspecified atom stereocenters. The molecule has 1 amide bonds. The first-order valence-electron chi connectivity index (χ1n) is 9.15. The van der Waals surface area contributed by atoms with E-state index in [4.69, 9.17) is 9.47 Å². The second-order valence-electron chi connectivity index (χ2n) is 6.81. The summed E-state index contributed by atoms with van der Waals surface area (Å²) in [5, 5.41) is 11.2. The summed E-state index contributed by atoms with van der Waals surface area (Å²) < 4.78 is 12.9. The number of aryl methyl sites for hydroxylation is 1. The van der Waals surface area contributed by atoms with Crippen LogP contribution in [0.4, 0.5) is 0 Å². The summed E-state index contributed by atoms with van der Waals surface area (Å²) in [7, 11) is 1.64. The number of amides is 1. The SMILES string of the molecule is COc1ccc(C2Cn3nnc(C(=O)NCc4cccc(C)c4)c3CO2)cc1. The largest absolute Gasteiger partial charge is 0.497 e. The third kappa shape index (κ3) is 3.75. The Morgan fingerprint density at radius 3 is 2.86 bits per heavy atom. The predicted molar refractivity (Wildman–Crippen MR) is 103 cm³/mol. The quantitative estimate of drug-likeness (QED) is 0.739. The molecule has 1 atom stereocenters. The van der Waals surface area contributed by atoms with Gasteiger partial charge in [0.15, 0.2) is 5.69 Å². The zero-order chi connectivity index (χ0) is 19.5. The molecule has 0 saturated carbocycles. The second-order valence-corrected chi connectivity index (χ2v) is 6.81. The van der Waals surface area contributed by atoms with Gasteiger partial charge in [-0.2, -0.15) is 0 Å². The van der Waals surface area contributed by atoms with Gasteiger partial charge >= 0.3 is 0 Å². The molecule has 1 aliphatic heterocycles. The maximum atomic E-state index is 12.6.